The minimum absolute atomic E-state index is 0.399. The van der Waals surface area contributed by atoms with Crippen molar-refractivity contribution in [2.45, 2.75) is 105 Å². The van der Waals surface area contributed by atoms with E-state index in [-0.39, 0.29) is 0 Å². The van der Waals surface area contributed by atoms with Gasteiger partial charge in [-0.3, -0.25) is 0 Å². The van der Waals surface area contributed by atoms with Crippen LogP contribution in [-0.2, 0) is 4.43 Å². The first-order chi connectivity index (χ1) is 14.9. The first-order valence-electron chi connectivity index (χ1n) is 13.5. The molecular formula is C26H59N3OSi. The lowest BCUT2D eigenvalue weighted by Crippen LogP contribution is -2.29. The summed E-state index contributed by atoms with van der Waals surface area (Å²) in [5.41, 5.74) is 0.516. The molecule has 4 nitrogen and oxygen atoms in total. The summed E-state index contributed by atoms with van der Waals surface area (Å²) in [6.07, 6.45) is 12.4. The summed E-state index contributed by atoms with van der Waals surface area (Å²) in [4.78, 5) is 7.43. The van der Waals surface area contributed by atoms with Gasteiger partial charge in [0, 0.05) is 6.10 Å². The SMILES string of the molecule is CCC(CC)O[SiH2]CCC(CCCN(C)CC)(CCCN(C)CC)CCCN(C)CC. The molecule has 0 aromatic rings. The van der Waals surface area contributed by atoms with Crippen LogP contribution in [0.4, 0.5) is 0 Å². The second-order valence-corrected chi connectivity index (χ2v) is 11.4. The van der Waals surface area contributed by atoms with Crippen molar-refractivity contribution in [3.05, 3.63) is 0 Å². The van der Waals surface area contributed by atoms with Crippen molar-refractivity contribution in [2.75, 3.05) is 60.4 Å². The van der Waals surface area contributed by atoms with Crippen LogP contribution in [0.15, 0.2) is 0 Å². The number of nitrogens with zero attached hydrogens (tertiary/aromatic N) is 3. The van der Waals surface area contributed by atoms with Crippen LogP contribution in [-0.4, -0.2) is 91.0 Å². The van der Waals surface area contributed by atoms with Gasteiger partial charge in [-0.25, -0.2) is 0 Å². The molecule has 0 aliphatic rings. The molecule has 0 spiro atoms. The van der Waals surface area contributed by atoms with Crippen LogP contribution in [0.2, 0.25) is 6.04 Å². The molecule has 0 fully saturated rings. The van der Waals surface area contributed by atoms with Crippen molar-refractivity contribution in [1.29, 1.82) is 0 Å². The van der Waals surface area contributed by atoms with E-state index in [9.17, 15) is 0 Å². The Morgan fingerprint density at radius 3 is 1.35 bits per heavy atom. The minimum Gasteiger partial charge on any atom is -0.421 e. The van der Waals surface area contributed by atoms with Gasteiger partial charge < -0.3 is 19.1 Å². The lowest BCUT2D eigenvalue weighted by Gasteiger charge is -2.36. The summed E-state index contributed by atoms with van der Waals surface area (Å²) < 4.78 is 6.33. The maximum Gasteiger partial charge on any atom is 0.161 e. The average Bonchev–Trinajstić information content (AvgIpc) is 2.78. The Kier molecular flexibility index (Phi) is 19.6. The van der Waals surface area contributed by atoms with Crippen LogP contribution in [0.1, 0.15) is 92.4 Å². The molecule has 0 atom stereocenters. The molecule has 0 aliphatic carbocycles. The van der Waals surface area contributed by atoms with E-state index < -0.39 is 9.76 Å². The highest BCUT2D eigenvalue weighted by Crippen LogP contribution is 2.40. The molecule has 0 unspecified atom stereocenters. The third kappa shape index (κ3) is 15.5. The van der Waals surface area contributed by atoms with Crippen molar-refractivity contribution >= 4 is 9.76 Å². The molecule has 0 radical (unpaired) electrons. The Balaban J connectivity index is 5.07. The van der Waals surface area contributed by atoms with E-state index in [1.807, 2.05) is 0 Å². The van der Waals surface area contributed by atoms with Gasteiger partial charge >= 0.3 is 0 Å². The fourth-order valence-electron chi connectivity index (χ4n) is 4.62. The van der Waals surface area contributed by atoms with Gasteiger partial charge in [0.1, 0.15) is 0 Å². The van der Waals surface area contributed by atoms with Gasteiger partial charge in [-0.2, -0.15) is 0 Å². The van der Waals surface area contributed by atoms with E-state index in [0.29, 0.717) is 11.5 Å². The molecule has 0 aliphatic heterocycles. The van der Waals surface area contributed by atoms with E-state index in [2.05, 4.69) is 70.5 Å². The van der Waals surface area contributed by atoms with E-state index in [1.165, 1.54) is 83.5 Å². The van der Waals surface area contributed by atoms with Gasteiger partial charge in [-0.15, -0.1) is 0 Å². The predicted octanol–water partition coefficient (Wildman–Crippen LogP) is 5.27. The van der Waals surface area contributed by atoms with Gasteiger partial charge in [0.05, 0.1) is 0 Å². The molecule has 188 valence electrons. The average molecular weight is 458 g/mol. The van der Waals surface area contributed by atoms with Crippen LogP contribution in [0.3, 0.4) is 0 Å². The zero-order valence-corrected chi connectivity index (χ0v) is 24.3. The Morgan fingerprint density at radius 2 is 1.03 bits per heavy atom. The maximum absolute atomic E-state index is 6.33. The van der Waals surface area contributed by atoms with Crippen molar-refractivity contribution < 1.29 is 4.43 Å². The molecule has 5 heteroatoms. The Morgan fingerprint density at radius 1 is 0.645 bits per heavy atom. The van der Waals surface area contributed by atoms with Crippen molar-refractivity contribution in [3.63, 3.8) is 0 Å². The summed E-state index contributed by atoms with van der Waals surface area (Å²) in [5, 5.41) is 0. The van der Waals surface area contributed by atoms with E-state index in [1.54, 1.807) is 0 Å². The Hall–Kier alpha value is 0.0569. The molecule has 0 saturated heterocycles. The lowest BCUT2D eigenvalue weighted by atomic mass is 9.73. The second-order valence-electron chi connectivity index (χ2n) is 9.91. The maximum atomic E-state index is 6.33. The molecule has 0 bridgehead atoms. The van der Waals surface area contributed by atoms with E-state index in [4.69, 9.17) is 4.43 Å². The van der Waals surface area contributed by atoms with Crippen LogP contribution in [0.25, 0.3) is 0 Å². The molecule has 0 aromatic heterocycles. The van der Waals surface area contributed by atoms with Crippen molar-refractivity contribution in [2.24, 2.45) is 5.41 Å². The van der Waals surface area contributed by atoms with E-state index in [0.717, 1.165) is 19.6 Å². The largest absolute Gasteiger partial charge is 0.421 e. The van der Waals surface area contributed by atoms with Gasteiger partial charge in [-0.05, 0) is 130 Å². The highest BCUT2D eigenvalue weighted by molar-refractivity contribution is 6.27. The monoisotopic (exact) mass is 457 g/mol. The Bertz CT molecular complexity index is 352. The fourth-order valence-corrected chi connectivity index (χ4v) is 6.48. The summed E-state index contributed by atoms with van der Waals surface area (Å²) in [7, 11) is 6.41. The zero-order chi connectivity index (χ0) is 23.5. The molecule has 0 aromatic carbocycles. The molecule has 0 rings (SSSR count). The summed E-state index contributed by atoms with van der Waals surface area (Å²) in [6, 6.07) is 1.35. The summed E-state index contributed by atoms with van der Waals surface area (Å²) in [6.45, 7) is 18.6. The zero-order valence-electron chi connectivity index (χ0n) is 22.8. The topological polar surface area (TPSA) is 19.0 Å². The highest BCUT2D eigenvalue weighted by Gasteiger charge is 2.29. The second kappa shape index (κ2) is 19.5. The molecule has 0 saturated carbocycles. The van der Waals surface area contributed by atoms with Gasteiger partial charge in [0.2, 0.25) is 0 Å². The summed E-state index contributed by atoms with van der Waals surface area (Å²) >= 11 is 0. The number of hydrogen-bond donors (Lipinski definition) is 0. The predicted molar refractivity (Wildman–Crippen MR) is 143 cm³/mol. The lowest BCUT2D eigenvalue weighted by molar-refractivity contribution is 0.160. The van der Waals surface area contributed by atoms with Crippen LogP contribution < -0.4 is 0 Å². The molecule has 0 N–H and O–H groups in total. The van der Waals surface area contributed by atoms with Gasteiger partial charge in [0.15, 0.2) is 9.76 Å². The molecule has 0 amide bonds. The standard InChI is InChI=1S/C26H59N3OSi/c1-9-25(10-2)30-31-24-20-26(17-14-21-27(6)11-3,18-15-22-28(7)12-4)19-16-23-29(8)13-5/h25H,9-24,31H2,1-8H3. The third-order valence-electron chi connectivity index (χ3n) is 7.48. The smallest absolute Gasteiger partial charge is 0.161 e. The highest BCUT2D eigenvalue weighted by atomic mass is 28.2. The first kappa shape index (κ1) is 31.1. The normalized spacial score (nSPS) is 13.2. The summed E-state index contributed by atoms with van der Waals surface area (Å²) in [5.74, 6) is 0. The Labute approximate surface area is 199 Å². The molecule has 0 heterocycles. The van der Waals surface area contributed by atoms with Gasteiger partial charge in [0.25, 0.3) is 0 Å². The van der Waals surface area contributed by atoms with E-state index >= 15 is 0 Å². The minimum atomic E-state index is -0.399. The quantitative estimate of drug-likeness (QED) is 0.163. The number of hydrogen-bond acceptors (Lipinski definition) is 4. The molecular weight excluding hydrogens is 398 g/mol. The third-order valence-corrected chi connectivity index (χ3v) is 8.83. The van der Waals surface area contributed by atoms with Gasteiger partial charge in [-0.1, -0.05) is 34.6 Å². The fraction of sp³-hybridized carbons (Fsp3) is 1.00. The molecule has 31 heavy (non-hydrogen) atoms. The number of rotatable bonds is 22. The van der Waals surface area contributed by atoms with Crippen LogP contribution in [0, 0.1) is 5.41 Å². The van der Waals surface area contributed by atoms with Crippen molar-refractivity contribution in [1.82, 2.24) is 14.7 Å². The van der Waals surface area contributed by atoms with Crippen molar-refractivity contribution in [3.8, 4) is 0 Å². The van der Waals surface area contributed by atoms with Crippen LogP contribution >= 0.6 is 0 Å². The van der Waals surface area contributed by atoms with Crippen LogP contribution in [0.5, 0.6) is 0 Å². The first-order valence-corrected chi connectivity index (χ1v) is 15.1.